The van der Waals surface area contributed by atoms with Crippen molar-refractivity contribution in [1.82, 2.24) is 25.0 Å². The lowest BCUT2D eigenvalue weighted by molar-refractivity contribution is 0.108. The third-order valence-electron chi connectivity index (χ3n) is 6.27. The van der Waals surface area contributed by atoms with Gasteiger partial charge in [-0.1, -0.05) is 0 Å². The molecule has 8 heteroatoms. The molecule has 8 nitrogen and oxygen atoms in total. The standard InChI is InChI=1S/C23H22N6O2/c24-23-22-18(8-21(31-22)13-1-6-20-14(7-13)9-26-28-20)19(11-25-23)15-10-27-29(12-15)16-2-4-17(30)5-3-16/h1,6-12,16-17,30H,2-5H2,(H2,24,25)(H,26,28). The zero-order valence-electron chi connectivity index (χ0n) is 16.8. The number of nitrogens with one attached hydrogen (secondary N) is 1. The monoisotopic (exact) mass is 414 g/mol. The number of pyridine rings is 1. The fraction of sp³-hybridized carbons (Fsp3) is 0.261. The average molecular weight is 414 g/mol. The van der Waals surface area contributed by atoms with Crippen molar-refractivity contribution < 1.29 is 9.52 Å². The van der Waals surface area contributed by atoms with Crippen LogP contribution >= 0.6 is 0 Å². The first-order chi connectivity index (χ1) is 15.2. The molecule has 1 aromatic carbocycles. The molecule has 0 aliphatic heterocycles. The fourth-order valence-corrected chi connectivity index (χ4v) is 4.51. The summed E-state index contributed by atoms with van der Waals surface area (Å²) in [5.41, 5.74) is 10.6. The number of H-pyrrole nitrogens is 1. The third kappa shape index (κ3) is 3.07. The van der Waals surface area contributed by atoms with Crippen LogP contribution in [0.25, 0.3) is 44.3 Å². The smallest absolute Gasteiger partial charge is 0.177 e. The summed E-state index contributed by atoms with van der Waals surface area (Å²) in [5.74, 6) is 1.09. The van der Waals surface area contributed by atoms with E-state index in [4.69, 9.17) is 10.2 Å². The van der Waals surface area contributed by atoms with Crippen molar-refractivity contribution in [3.63, 3.8) is 0 Å². The summed E-state index contributed by atoms with van der Waals surface area (Å²) in [6.45, 7) is 0. The number of rotatable bonds is 3. The maximum absolute atomic E-state index is 9.78. The molecule has 156 valence electrons. The van der Waals surface area contributed by atoms with Gasteiger partial charge in [0.15, 0.2) is 11.4 Å². The Labute approximate surface area is 177 Å². The highest BCUT2D eigenvalue weighted by atomic mass is 16.3. The van der Waals surface area contributed by atoms with E-state index in [1.807, 2.05) is 35.1 Å². The van der Waals surface area contributed by atoms with Gasteiger partial charge in [-0.2, -0.15) is 10.2 Å². The first-order valence-corrected chi connectivity index (χ1v) is 10.5. The molecular formula is C23H22N6O2. The highest BCUT2D eigenvalue weighted by molar-refractivity contribution is 6.00. The minimum Gasteiger partial charge on any atom is -0.452 e. The molecule has 1 aliphatic rings. The molecular weight excluding hydrogens is 392 g/mol. The van der Waals surface area contributed by atoms with Gasteiger partial charge in [0.05, 0.1) is 30.1 Å². The minimum absolute atomic E-state index is 0.183. The van der Waals surface area contributed by atoms with Gasteiger partial charge in [-0.15, -0.1) is 0 Å². The van der Waals surface area contributed by atoms with Gasteiger partial charge in [0, 0.05) is 39.9 Å². The first-order valence-electron chi connectivity index (χ1n) is 10.5. The number of hydrogen-bond acceptors (Lipinski definition) is 6. The Morgan fingerprint density at radius 3 is 2.81 bits per heavy atom. The van der Waals surface area contributed by atoms with Crippen LogP contribution in [-0.4, -0.2) is 36.2 Å². The zero-order chi connectivity index (χ0) is 20.9. The number of aromatic nitrogens is 5. The molecule has 0 spiro atoms. The van der Waals surface area contributed by atoms with Crippen LogP contribution < -0.4 is 5.73 Å². The predicted octanol–water partition coefficient (Wildman–Crippen LogP) is 4.29. The zero-order valence-corrected chi connectivity index (χ0v) is 16.8. The molecule has 1 fully saturated rings. The Bertz CT molecular complexity index is 1390. The Balaban J connectivity index is 1.41. The van der Waals surface area contributed by atoms with Crippen molar-refractivity contribution in [2.75, 3.05) is 5.73 Å². The van der Waals surface area contributed by atoms with Crippen molar-refractivity contribution in [2.45, 2.75) is 37.8 Å². The Morgan fingerprint density at radius 1 is 1.06 bits per heavy atom. The quantitative estimate of drug-likeness (QED) is 0.405. The highest BCUT2D eigenvalue weighted by Crippen LogP contribution is 2.37. The summed E-state index contributed by atoms with van der Waals surface area (Å²) >= 11 is 0. The van der Waals surface area contributed by atoms with Gasteiger partial charge in [0.25, 0.3) is 0 Å². The largest absolute Gasteiger partial charge is 0.452 e. The van der Waals surface area contributed by atoms with Crippen LogP contribution in [0.3, 0.4) is 0 Å². The Hall–Kier alpha value is -3.65. The summed E-state index contributed by atoms with van der Waals surface area (Å²) < 4.78 is 8.15. The highest BCUT2D eigenvalue weighted by Gasteiger charge is 2.22. The van der Waals surface area contributed by atoms with Crippen LogP contribution in [0.2, 0.25) is 0 Å². The van der Waals surface area contributed by atoms with Crippen molar-refractivity contribution in [1.29, 1.82) is 0 Å². The van der Waals surface area contributed by atoms with E-state index >= 15 is 0 Å². The number of aliphatic hydroxyl groups is 1. The summed E-state index contributed by atoms with van der Waals surface area (Å²) in [5, 5.41) is 23.3. The summed E-state index contributed by atoms with van der Waals surface area (Å²) in [6, 6.07) is 8.35. The molecule has 0 saturated heterocycles. The predicted molar refractivity (Wildman–Crippen MR) is 118 cm³/mol. The number of anilines is 1. The molecule has 1 saturated carbocycles. The molecule has 6 rings (SSSR count). The molecule has 5 aromatic rings. The summed E-state index contributed by atoms with van der Waals surface area (Å²) in [7, 11) is 0. The SMILES string of the molecule is Nc1ncc(-c2cnn(C3CCC(O)CC3)c2)c2cc(-c3ccc4[nH]ncc4c3)oc12. The van der Waals surface area contributed by atoms with Crippen LogP contribution in [0.4, 0.5) is 5.82 Å². The van der Waals surface area contributed by atoms with E-state index in [-0.39, 0.29) is 6.10 Å². The average Bonchev–Trinajstić information content (AvgIpc) is 3.53. The molecule has 0 unspecified atom stereocenters. The third-order valence-corrected chi connectivity index (χ3v) is 6.27. The number of hydrogen-bond donors (Lipinski definition) is 3. The second-order valence-corrected chi connectivity index (χ2v) is 8.25. The maximum atomic E-state index is 9.78. The van der Waals surface area contributed by atoms with Crippen LogP contribution in [0, 0.1) is 0 Å². The van der Waals surface area contributed by atoms with Crippen LogP contribution in [0.1, 0.15) is 31.7 Å². The van der Waals surface area contributed by atoms with Gasteiger partial charge in [0.1, 0.15) is 5.76 Å². The number of nitrogens with zero attached hydrogens (tertiary/aromatic N) is 4. The van der Waals surface area contributed by atoms with E-state index in [9.17, 15) is 5.11 Å². The number of aromatic amines is 1. The first kappa shape index (κ1) is 18.1. The number of aliphatic hydroxyl groups excluding tert-OH is 1. The van der Waals surface area contributed by atoms with Crippen molar-refractivity contribution in [2.24, 2.45) is 0 Å². The lowest BCUT2D eigenvalue weighted by Crippen LogP contribution is -2.21. The Morgan fingerprint density at radius 2 is 1.94 bits per heavy atom. The molecule has 4 heterocycles. The maximum Gasteiger partial charge on any atom is 0.177 e. The second kappa shape index (κ2) is 6.95. The van der Waals surface area contributed by atoms with Crippen LogP contribution in [0.5, 0.6) is 0 Å². The minimum atomic E-state index is -0.183. The molecule has 4 N–H and O–H groups in total. The van der Waals surface area contributed by atoms with Gasteiger partial charge in [-0.3, -0.25) is 9.78 Å². The number of nitrogen functional groups attached to an aromatic ring is 1. The number of nitrogens with two attached hydrogens (primary N) is 1. The summed E-state index contributed by atoms with van der Waals surface area (Å²) in [4.78, 5) is 4.36. The van der Waals surface area contributed by atoms with Gasteiger partial charge in [-0.05, 0) is 49.9 Å². The van der Waals surface area contributed by atoms with Gasteiger partial charge in [-0.25, -0.2) is 4.98 Å². The van der Waals surface area contributed by atoms with E-state index in [0.717, 1.165) is 64.4 Å². The fourth-order valence-electron chi connectivity index (χ4n) is 4.51. The number of furan rings is 1. The van der Waals surface area contributed by atoms with Crippen LogP contribution in [-0.2, 0) is 0 Å². The molecule has 1 aliphatic carbocycles. The molecule has 0 radical (unpaired) electrons. The van der Waals surface area contributed by atoms with Crippen molar-refractivity contribution in [3.05, 3.63) is 49.1 Å². The number of fused-ring (bicyclic) bond motifs is 2. The topological polar surface area (TPSA) is 119 Å². The second-order valence-electron chi connectivity index (χ2n) is 8.25. The van der Waals surface area contributed by atoms with E-state index in [2.05, 4.69) is 26.5 Å². The van der Waals surface area contributed by atoms with E-state index in [1.165, 1.54) is 0 Å². The lowest BCUT2D eigenvalue weighted by Gasteiger charge is -2.25. The molecule has 0 atom stereocenters. The van der Waals surface area contributed by atoms with E-state index in [0.29, 0.717) is 17.4 Å². The van der Waals surface area contributed by atoms with Gasteiger partial charge < -0.3 is 15.3 Å². The Kier molecular flexibility index (Phi) is 4.07. The normalized spacial score (nSPS) is 19.4. The van der Waals surface area contributed by atoms with E-state index in [1.54, 1.807) is 12.4 Å². The van der Waals surface area contributed by atoms with Crippen molar-refractivity contribution in [3.8, 4) is 22.5 Å². The number of benzene rings is 1. The molecule has 0 amide bonds. The van der Waals surface area contributed by atoms with Crippen molar-refractivity contribution >= 4 is 27.7 Å². The van der Waals surface area contributed by atoms with Crippen LogP contribution in [0.15, 0.2) is 53.5 Å². The van der Waals surface area contributed by atoms with Gasteiger partial charge >= 0.3 is 0 Å². The van der Waals surface area contributed by atoms with Gasteiger partial charge in [0.2, 0.25) is 0 Å². The molecule has 31 heavy (non-hydrogen) atoms. The molecule has 4 aromatic heterocycles. The summed E-state index contributed by atoms with van der Waals surface area (Å²) in [6.07, 6.45) is 10.8. The van der Waals surface area contributed by atoms with E-state index < -0.39 is 0 Å². The molecule has 0 bridgehead atoms. The lowest BCUT2D eigenvalue weighted by atomic mass is 9.93.